The number of carbonyl (C=O) groups excluding carboxylic acids is 1. The summed E-state index contributed by atoms with van der Waals surface area (Å²) in [6.07, 6.45) is 3.40. The number of carbonyl (C=O) groups is 1. The molecule has 0 aromatic carbocycles. The molecule has 0 amide bonds. The zero-order valence-electron chi connectivity index (χ0n) is 7.30. The normalized spacial score (nSPS) is 30.4. The van der Waals surface area contributed by atoms with Crippen LogP contribution in [0.25, 0.3) is 0 Å². The summed E-state index contributed by atoms with van der Waals surface area (Å²) >= 11 is 0. The molecule has 1 aliphatic carbocycles. The van der Waals surface area contributed by atoms with E-state index in [-0.39, 0.29) is 11.9 Å². The maximum atomic E-state index is 11.2. The second-order valence-electron chi connectivity index (χ2n) is 3.27. The van der Waals surface area contributed by atoms with Gasteiger partial charge in [0.2, 0.25) is 0 Å². The fourth-order valence-corrected chi connectivity index (χ4v) is 1.74. The van der Waals surface area contributed by atoms with Gasteiger partial charge in [0.15, 0.2) is 0 Å². The van der Waals surface area contributed by atoms with Gasteiger partial charge in [-0.05, 0) is 25.7 Å². The van der Waals surface area contributed by atoms with E-state index in [1.807, 2.05) is 6.92 Å². The molecule has 2 heteroatoms. The Morgan fingerprint density at radius 2 is 2.27 bits per heavy atom. The van der Waals surface area contributed by atoms with Gasteiger partial charge in [0.05, 0.1) is 12.5 Å². The third-order valence-corrected chi connectivity index (χ3v) is 2.45. The monoisotopic (exact) mass is 156 g/mol. The lowest BCUT2D eigenvalue weighted by Gasteiger charge is -2.12. The van der Waals surface area contributed by atoms with Crippen LogP contribution in [-0.2, 0) is 9.53 Å². The van der Waals surface area contributed by atoms with Gasteiger partial charge in [0.1, 0.15) is 0 Å². The SMILES string of the molecule is CCOC(=O)C1CCCC1C. The van der Waals surface area contributed by atoms with Crippen LogP contribution in [-0.4, -0.2) is 12.6 Å². The quantitative estimate of drug-likeness (QED) is 0.571. The highest BCUT2D eigenvalue weighted by molar-refractivity contribution is 5.73. The van der Waals surface area contributed by atoms with E-state index in [1.54, 1.807) is 0 Å². The van der Waals surface area contributed by atoms with E-state index in [2.05, 4.69) is 6.92 Å². The maximum absolute atomic E-state index is 11.2. The number of hydrogen-bond acceptors (Lipinski definition) is 2. The largest absolute Gasteiger partial charge is 0.466 e. The fourth-order valence-electron chi connectivity index (χ4n) is 1.74. The first-order valence-corrected chi connectivity index (χ1v) is 4.42. The van der Waals surface area contributed by atoms with E-state index >= 15 is 0 Å². The number of rotatable bonds is 2. The predicted octanol–water partition coefficient (Wildman–Crippen LogP) is 1.99. The Kier molecular flexibility index (Phi) is 2.92. The van der Waals surface area contributed by atoms with Crippen molar-refractivity contribution in [1.82, 2.24) is 0 Å². The van der Waals surface area contributed by atoms with E-state index in [9.17, 15) is 4.79 Å². The Labute approximate surface area is 67.9 Å². The Bertz CT molecular complexity index is 142. The van der Waals surface area contributed by atoms with E-state index in [0.717, 1.165) is 6.42 Å². The topological polar surface area (TPSA) is 26.3 Å². The maximum Gasteiger partial charge on any atom is 0.309 e. The first kappa shape index (κ1) is 8.57. The van der Waals surface area contributed by atoms with Gasteiger partial charge in [0.25, 0.3) is 0 Å². The van der Waals surface area contributed by atoms with E-state index in [0.29, 0.717) is 12.5 Å². The summed E-state index contributed by atoms with van der Waals surface area (Å²) in [6.45, 7) is 4.51. The second-order valence-corrected chi connectivity index (χ2v) is 3.27. The van der Waals surface area contributed by atoms with Crippen molar-refractivity contribution >= 4 is 5.97 Å². The molecule has 1 aliphatic rings. The van der Waals surface area contributed by atoms with Crippen molar-refractivity contribution in [2.75, 3.05) is 6.61 Å². The van der Waals surface area contributed by atoms with Crippen LogP contribution in [0.15, 0.2) is 0 Å². The van der Waals surface area contributed by atoms with Gasteiger partial charge in [-0.15, -0.1) is 0 Å². The molecule has 0 bridgehead atoms. The predicted molar refractivity (Wildman–Crippen MR) is 43.1 cm³/mol. The van der Waals surface area contributed by atoms with Crippen molar-refractivity contribution in [3.8, 4) is 0 Å². The molecule has 2 nitrogen and oxygen atoms in total. The van der Waals surface area contributed by atoms with Crippen LogP contribution in [0.1, 0.15) is 33.1 Å². The molecule has 0 N–H and O–H groups in total. The molecule has 64 valence electrons. The van der Waals surface area contributed by atoms with Crippen LogP contribution in [0.3, 0.4) is 0 Å². The number of ether oxygens (including phenoxy) is 1. The minimum Gasteiger partial charge on any atom is -0.466 e. The standard InChI is InChI=1S/C9H16O2/c1-3-11-9(10)8-6-4-5-7(8)2/h7-8H,3-6H2,1-2H3. The molecule has 2 atom stereocenters. The number of hydrogen-bond donors (Lipinski definition) is 0. The van der Waals surface area contributed by atoms with E-state index in [1.165, 1.54) is 12.8 Å². The summed E-state index contributed by atoms with van der Waals surface area (Å²) in [7, 11) is 0. The zero-order chi connectivity index (χ0) is 8.27. The zero-order valence-corrected chi connectivity index (χ0v) is 7.30. The molecule has 1 saturated carbocycles. The highest BCUT2D eigenvalue weighted by Crippen LogP contribution is 2.31. The molecule has 0 aromatic heterocycles. The van der Waals surface area contributed by atoms with Crippen LogP contribution in [0, 0.1) is 11.8 Å². The molecule has 1 rings (SSSR count). The van der Waals surface area contributed by atoms with Gasteiger partial charge in [-0.3, -0.25) is 4.79 Å². The van der Waals surface area contributed by atoms with Gasteiger partial charge in [0, 0.05) is 0 Å². The van der Waals surface area contributed by atoms with Crippen LogP contribution in [0.4, 0.5) is 0 Å². The molecule has 0 aromatic rings. The van der Waals surface area contributed by atoms with Crippen molar-refractivity contribution < 1.29 is 9.53 Å². The summed E-state index contributed by atoms with van der Waals surface area (Å²) in [5, 5.41) is 0. The third kappa shape index (κ3) is 1.95. The minimum atomic E-state index is 0.0116. The second kappa shape index (κ2) is 3.74. The van der Waals surface area contributed by atoms with Crippen LogP contribution < -0.4 is 0 Å². The summed E-state index contributed by atoms with van der Waals surface area (Å²) < 4.78 is 4.96. The minimum absolute atomic E-state index is 0.0116. The molecular formula is C9H16O2. The molecular weight excluding hydrogens is 140 g/mol. The van der Waals surface area contributed by atoms with Crippen molar-refractivity contribution in [1.29, 1.82) is 0 Å². The van der Waals surface area contributed by atoms with Crippen LogP contribution >= 0.6 is 0 Å². The van der Waals surface area contributed by atoms with E-state index in [4.69, 9.17) is 4.74 Å². The molecule has 1 fully saturated rings. The summed E-state index contributed by atoms with van der Waals surface area (Å²) in [4.78, 5) is 11.2. The average molecular weight is 156 g/mol. The van der Waals surface area contributed by atoms with Crippen molar-refractivity contribution in [3.63, 3.8) is 0 Å². The summed E-state index contributed by atoms with van der Waals surface area (Å²) in [5.41, 5.74) is 0. The van der Waals surface area contributed by atoms with Crippen LogP contribution in [0.5, 0.6) is 0 Å². The summed E-state index contributed by atoms with van der Waals surface area (Å²) in [6, 6.07) is 0. The molecule has 2 unspecified atom stereocenters. The average Bonchev–Trinajstić information content (AvgIpc) is 2.36. The van der Waals surface area contributed by atoms with Gasteiger partial charge in [-0.1, -0.05) is 13.3 Å². The van der Waals surface area contributed by atoms with Gasteiger partial charge in [-0.2, -0.15) is 0 Å². The lowest BCUT2D eigenvalue weighted by molar-refractivity contribution is -0.149. The fraction of sp³-hybridized carbons (Fsp3) is 0.889. The molecule has 0 aliphatic heterocycles. The van der Waals surface area contributed by atoms with Gasteiger partial charge < -0.3 is 4.74 Å². The first-order chi connectivity index (χ1) is 5.25. The summed E-state index contributed by atoms with van der Waals surface area (Å²) in [5.74, 6) is 0.737. The smallest absolute Gasteiger partial charge is 0.309 e. The van der Waals surface area contributed by atoms with Gasteiger partial charge in [-0.25, -0.2) is 0 Å². The Balaban J connectivity index is 2.39. The first-order valence-electron chi connectivity index (χ1n) is 4.42. The molecule has 11 heavy (non-hydrogen) atoms. The Morgan fingerprint density at radius 3 is 2.73 bits per heavy atom. The lowest BCUT2D eigenvalue weighted by Crippen LogP contribution is -2.19. The van der Waals surface area contributed by atoms with Crippen molar-refractivity contribution in [2.45, 2.75) is 33.1 Å². The number of esters is 1. The highest BCUT2D eigenvalue weighted by Gasteiger charge is 2.30. The Morgan fingerprint density at radius 1 is 1.55 bits per heavy atom. The lowest BCUT2D eigenvalue weighted by atomic mass is 9.99. The van der Waals surface area contributed by atoms with E-state index < -0.39 is 0 Å². The molecule has 0 spiro atoms. The third-order valence-electron chi connectivity index (χ3n) is 2.45. The van der Waals surface area contributed by atoms with Crippen molar-refractivity contribution in [3.05, 3.63) is 0 Å². The Hall–Kier alpha value is -0.530. The molecule has 0 saturated heterocycles. The molecule has 0 heterocycles. The van der Waals surface area contributed by atoms with Crippen molar-refractivity contribution in [2.24, 2.45) is 11.8 Å². The van der Waals surface area contributed by atoms with Crippen LogP contribution in [0.2, 0.25) is 0 Å². The highest BCUT2D eigenvalue weighted by atomic mass is 16.5. The molecule has 0 radical (unpaired) electrons. The van der Waals surface area contributed by atoms with Gasteiger partial charge >= 0.3 is 5.97 Å².